The molecule has 29 heavy (non-hydrogen) atoms. The molecule has 6 heteroatoms. The summed E-state index contributed by atoms with van der Waals surface area (Å²) in [7, 11) is 1.97. The van der Waals surface area contributed by atoms with Crippen LogP contribution in [0.2, 0.25) is 0 Å². The first-order valence-corrected chi connectivity index (χ1v) is 10.2. The molecule has 1 unspecified atom stereocenters. The van der Waals surface area contributed by atoms with Crippen LogP contribution in [-0.2, 0) is 31.2 Å². The molecular formula is C23H28N4O2. The van der Waals surface area contributed by atoms with Gasteiger partial charge in [-0.2, -0.15) is 0 Å². The van der Waals surface area contributed by atoms with Crippen LogP contribution in [0.25, 0.3) is 11.0 Å². The Kier molecular flexibility index (Phi) is 5.92. The maximum absolute atomic E-state index is 12.2. The normalized spacial score (nSPS) is 15.2. The fourth-order valence-electron chi connectivity index (χ4n) is 3.98. The van der Waals surface area contributed by atoms with Crippen LogP contribution in [0.3, 0.4) is 0 Å². The molecule has 2 heterocycles. The summed E-state index contributed by atoms with van der Waals surface area (Å²) >= 11 is 0. The van der Waals surface area contributed by atoms with E-state index in [4.69, 9.17) is 0 Å². The van der Waals surface area contributed by atoms with Crippen LogP contribution in [0, 0.1) is 0 Å². The number of hydrogen-bond donors (Lipinski definition) is 2. The SMILES string of the molecule is Cn1cnc2ccc(CCC(=O)NCC(O)CN3CCc4ccccc4C3)cc21. The Morgan fingerprint density at radius 1 is 1.24 bits per heavy atom. The van der Waals surface area contributed by atoms with Crippen molar-refractivity contribution in [2.45, 2.75) is 31.9 Å². The summed E-state index contributed by atoms with van der Waals surface area (Å²) < 4.78 is 1.98. The lowest BCUT2D eigenvalue weighted by molar-refractivity contribution is -0.121. The van der Waals surface area contributed by atoms with Gasteiger partial charge in [-0.1, -0.05) is 30.3 Å². The number of carbonyl (C=O) groups excluding carboxylic acids is 1. The number of benzene rings is 2. The van der Waals surface area contributed by atoms with E-state index in [1.807, 2.05) is 23.7 Å². The minimum Gasteiger partial charge on any atom is -0.390 e. The molecule has 152 valence electrons. The van der Waals surface area contributed by atoms with Crippen molar-refractivity contribution in [2.24, 2.45) is 7.05 Å². The molecule has 0 fully saturated rings. The van der Waals surface area contributed by atoms with E-state index in [-0.39, 0.29) is 12.5 Å². The molecule has 1 aliphatic rings. The van der Waals surface area contributed by atoms with E-state index in [1.54, 1.807) is 6.33 Å². The summed E-state index contributed by atoms with van der Waals surface area (Å²) in [5.74, 6) is -0.0295. The van der Waals surface area contributed by atoms with E-state index in [0.717, 1.165) is 36.1 Å². The second kappa shape index (κ2) is 8.76. The van der Waals surface area contributed by atoms with Crippen molar-refractivity contribution >= 4 is 16.9 Å². The monoisotopic (exact) mass is 392 g/mol. The molecule has 1 aliphatic heterocycles. The minimum absolute atomic E-state index is 0.0295. The number of hydrogen-bond acceptors (Lipinski definition) is 4. The van der Waals surface area contributed by atoms with Crippen molar-refractivity contribution in [3.05, 3.63) is 65.5 Å². The molecule has 0 bridgehead atoms. The van der Waals surface area contributed by atoms with E-state index < -0.39 is 6.10 Å². The van der Waals surface area contributed by atoms with Gasteiger partial charge in [-0.15, -0.1) is 0 Å². The van der Waals surface area contributed by atoms with Gasteiger partial charge in [-0.25, -0.2) is 4.98 Å². The molecule has 1 atom stereocenters. The summed E-state index contributed by atoms with van der Waals surface area (Å²) in [5, 5.41) is 13.2. The third kappa shape index (κ3) is 4.83. The maximum Gasteiger partial charge on any atom is 0.220 e. The zero-order chi connectivity index (χ0) is 20.2. The third-order valence-electron chi connectivity index (χ3n) is 5.64. The molecule has 2 N–H and O–H groups in total. The number of aliphatic hydroxyl groups excluding tert-OH is 1. The largest absolute Gasteiger partial charge is 0.390 e. The topological polar surface area (TPSA) is 70.4 Å². The van der Waals surface area contributed by atoms with E-state index in [1.165, 1.54) is 11.1 Å². The number of carbonyl (C=O) groups is 1. The number of aryl methyl sites for hydroxylation is 2. The van der Waals surface area contributed by atoms with Crippen LogP contribution >= 0.6 is 0 Å². The molecule has 0 saturated carbocycles. The second-order valence-corrected chi connectivity index (χ2v) is 7.89. The molecular weight excluding hydrogens is 364 g/mol. The number of aromatic nitrogens is 2. The first-order valence-electron chi connectivity index (χ1n) is 10.2. The predicted molar refractivity (Wildman–Crippen MR) is 113 cm³/mol. The van der Waals surface area contributed by atoms with Gasteiger partial charge in [-0.05, 0) is 41.7 Å². The van der Waals surface area contributed by atoms with Gasteiger partial charge >= 0.3 is 0 Å². The lowest BCUT2D eigenvalue weighted by Crippen LogP contribution is -2.42. The summed E-state index contributed by atoms with van der Waals surface area (Å²) in [5.41, 5.74) is 5.88. The van der Waals surface area contributed by atoms with E-state index >= 15 is 0 Å². The molecule has 4 rings (SSSR count). The Morgan fingerprint density at radius 3 is 2.93 bits per heavy atom. The Hall–Kier alpha value is -2.70. The molecule has 3 aromatic rings. The highest BCUT2D eigenvalue weighted by molar-refractivity contribution is 5.78. The molecule has 2 aromatic carbocycles. The highest BCUT2D eigenvalue weighted by Gasteiger charge is 2.18. The van der Waals surface area contributed by atoms with Crippen molar-refractivity contribution in [3.8, 4) is 0 Å². The fourth-order valence-corrected chi connectivity index (χ4v) is 3.98. The molecule has 0 saturated heterocycles. The number of β-amino-alcohol motifs (C(OH)–C–C–N with tert-alkyl or cyclic N) is 1. The van der Waals surface area contributed by atoms with Crippen LogP contribution < -0.4 is 5.32 Å². The molecule has 1 aromatic heterocycles. The molecule has 6 nitrogen and oxygen atoms in total. The van der Waals surface area contributed by atoms with Crippen molar-refractivity contribution in [2.75, 3.05) is 19.6 Å². The zero-order valence-corrected chi connectivity index (χ0v) is 16.8. The molecule has 0 spiro atoms. The Labute approximate surface area is 171 Å². The average Bonchev–Trinajstić information content (AvgIpc) is 3.11. The number of fused-ring (bicyclic) bond motifs is 2. The highest BCUT2D eigenvalue weighted by Crippen LogP contribution is 2.18. The van der Waals surface area contributed by atoms with Gasteiger partial charge < -0.3 is 15.0 Å². The zero-order valence-electron chi connectivity index (χ0n) is 16.8. The molecule has 0 radical (unpaired) electrons. The van der Waals surface area contributed by atoms with Gasteiger partial charge in [0.15, 0.2) is 0 Å². The van der Waals surface area contributed by atoms with Gasteiger partial charge in [0, 0.05) is 39.6 Å². The van der Waals surface area contributed by atoms with Crippen LogP contribution in [0.5, 0.6) is 0 Å². The van der Waals surface area contributed by atoms with E-state index in [2.05, 4.69) is 45.5 Å². The summed E-state index contributed by atoms with van der Waals surface area (Å²) in [6.07, 6.45) is 3.33. The van der Waals surface area contributed by atoms with Crippen molar-refractivity contribution in [1.29, 1.82) is 0 Å². The van der Waals surface area contributed by atoms with Gasteiger partial charge in [0.25, 0.3) is 0 Å². The summed E-state index contributed by atoms with van der Waals surface area (Å²) in [6, 6.07) is 14.6. The van der Waals surface area contributed by atoms with E-state index in [0.29, 0.717) is 19.4 Å². The van der Waals surface area contributed by atoms with E-state index in [9.17, 15) is 9.90 Å². The molecule has 0 aliphatic carbocycles. The highest BCUT2D eigenvalue weighted by atomic mass is 16.3. The first kappa shape index (κ1) is 19.6. The molecule has 1 amide bonds. The van der Waals surface area contributed by atoms with Gasteiger partial charge in [0.05, 0.1) is 23.5 Å². The van der Waals surface area contributed by atoms with Gasteiger partial charge in [-0.3, -0.25) is 9.69 Å². The number of nitrogens with one attached hydrogen (secondary N) is 1. The van der Waals surface area contributed by atoms with Crippen molar-refractivity contribution in [1.82, 2.24) is 19.8 Å². The Morgan fingerprint density at radius 2 is 2.07 bits per heavy atom. The summed E-state index contributed by atoms with van der Waals surface area (Å²) in [4.78, 5) is 18.8. The lowest BCUT2D eigenvalue weighted by Gasteiger charge is -2.30. The number of amides is 1. The van der Waals surface area contributed by atoms with Crippen LogP contribution in [0.1, 0.15) is 23.1 Å². The third-order valence-corrected chi connectivity index (χ3v) is 5.64. The Bertz CT molecular complexity index is 997. The number of nitrogens with zero attached hydrogens (tertiary/aromatic N) is 3. The average molecular weight is 393 g/mol. The van der Waals surface area contributed by atoms with Crippen LogP contribution in [0.4, 0.5) is 0 Å². The minimum atomic E-state index is -0.560. The lowest BCUT2D eigenvalue weighted by atomic mass is 10.00. The summed E-state index contributed by atoms with van der Waals surface area (Å²) in [6.45, 7) is 2.67. The number of imidazole rings is 1. The van der Waals surface area contributed by atoms with Crippen LogP contribution in [-0.4, -0.2) is 51.2 Å². The van der Waals surface area contributed by atoms with Crippen molar-refractivity contribution < 1.29 is 9.90 Å². The predicted octanol–water partition coefficient (Wildman–Crippen LogP) is 2.04. The number of aliphatic hydroxyl groups is 1. The number of rotatable bonds is 7. The Balaban J connectivity index is 1.20. The van der Waals surface area contributed by atoms with Crippen molar-refractivity contribution in [3.63, 3.8) is 0 Å². The van der Waals surface area contributed by atoms with Gasteiger partial charge in [0.2, 0.25) is 5.91 Å². The smallest absolute Gasteiger partial charge is 0.220 e. The maximum atomic E-state index is 12.2. The fraction of sp³-hybridized carbons (Fsp3) is 0.391. The quantitative estimate of drug-likeness (QED) is 0.646. The standard InChI is InChI=1S/C23H28N4O2/c1-26-16-25-21-8-6-17(12-22(21)26)7-9-23(29)24-13-20(28)15-27-11-10-18-4-2-3-5-19(18)14-27/h2-6,8,12,16,20,28H,7,9-11,13-15H2,1H3,(H,24,29). The van der Waals surface area contributed by atoms with Crippen LogP contribution in [0.15, 0.2) is 48.8 Å². The first-order chi connectivity index (χ1) is 14.1. The second-order valence-electron chi connectivity index (χ2n) is 7.89. The van der Waals surface area contributed by atoms with Gasteiger partial charge in [0.1, 0.15) is 0 Å².